The van der Waals surface area contributed by atoms with E-state index in [1.807, 2.05) is 23.3 Å². The summed E-state index contributed by atoms with van der Waals surface area (Å²) in [5, 5.41) is 13.7. The Kier molecular flexibility index (Phi) is 3.56. The van der Waals surface area contributed by atoms with Gasteiger partial charge in [-0.1, -0.05) is 13.8 Å². The van der Waals surface area contributed by atoms with Crippen LogP contribution in [0.3, 0.4) is 0 Å². The van der Waals surface area contributed by atoms with Crippen LogP contribution in [0.4, 0.5) is 0 Å². The predicted octanol–water partition coefficient (Wildman–Crippen LogP) is 1.61. The van der Waals surface area contributed by atoms with E-state index in [0.29, 0.717) is 5.70 Å². The average Bonchev–Trinajstić information content (AvgIpc) is 2.71. The summed E-state index contributed by atoms with van der Waals surface area (Å²) < 4.78 is 0.927. The van der Waals surface area contributed by atoms with Crippen molar-refractivity contribution in [2.24, 2.45) is 5.92 Å². The lowest BCUT2D eigenvalue weighted by atomic mass is 10.2. The van der Waals surface area contributed by atoms with Crippen molar-refractivity contribution < 1.29 is 4.79 Å². The van der Waals surface area contributed by atoms with Crippen molar-refractivity contribution >= 4 is 27.7 Å². The van der Waals surface area contributed by atoms with Gasteiger partial charge in [-0.05, 0) is 28.1 Å². The zero-order chi connectivity index (χ0) is 13.3. The number of carbonyl (C=O) groups excluding carboxylic acids is 1. The van der Waals surface area contributed by atoms with Crippen molar-refractivity contribution in [2.75, 3.05) is 0 Å². The van der Waals surface area contributed by atoms with Gasteiger partial charge in [0.25, 0.3) is 0 Å². The molecular weight excluding hydrogens is 296 g/mol. The number of halogens is 1. The molecule has 0 aromatic carbocycles. The van der Waals surface area contributed by atoms with E-state index in [1.165, 1.54) is 0 Å². The fourth-order valence-electron chi connectivity index (χ4n) is 1.66. The minimum absolute atomic E-state index is 0.0117. The Morgan fingerprint density at radius 1 is 1.61 bits per heavy atom. The topological polar surface area (TPSA) is 68.2 Å². The molecule has 1 amide bonds. The van der Waals surface area contributed by atoms with Crippen molar-refractivity contribution in [1.29, 1.82) is 5.41 Å². The number of rotatable bonds is 2. The molecular formula is C12H15BrN4O. The summed E-state index contributed by atoms with van der Waals surface area (Å²) in [6.45, 7) is 3.60. The second-order valence-electron chi connectivity index (χ2n) is 4.44. The summed E-state index contributed by atoms with van der Waals surface area (Å²) in [6, 6.07) is 0. The molecule has 1 atom stereocenters. The van der Waals surface area contributed by atoms with Crippen molar-refractivity contribution in [3.63, 3.8) is 0 Å². The summed E-state index contributed by atoms with van der Waals surface area (Å²) in [5.41, 5.74) is 0.648. The number of amidine groups is 1. The molecule has 6 heteroatoms. The molecule has 0 saturated carbocycles. The van der Waals surface area contributed by atoms with Gasteiger partial charge >= 0.3 is 0 Å². The number of carbonyl (C=O) groups is 1. The predicted molar refractivity (Wildman–Crippen MR) is 73.7 cm³/mol. The number of nitrogens with zero attached hydrogens (tertiary/aromatic N) is 1. The van der Waals surface area contributed by atoms with Crippen molar-refractivity contribution in [3.8, 4) is 0 Å². The highest BCUT2D eigenvalue weighted by Crippen LogP contribution is 2.24. The molecule has 0 radical (unpaired) electrons. The second kappa shape index (κ2) is 4.97. The first kappa shape index (κ1) is 12.9. The van der Waals surface area contributed by atoms with E-state index < -0.39 is 0 Å². The number of hydrogen-bond acceptors (Lipinski definition) is 4. The summed E-state index contributed by atoms with van der Waals surface area (Å²) >= 11 is 3.40. The molecule has 0 aromatic rings. The second-order valence-corrected chi connectivity index (χ2v) is 5.36. The maximum atomic E-state index is 11.6. The number of hydrogen-bond donors (Lipinski definition) is 3. The molecule has 2 aliphatic rings. The number of fused-ring (bicyclic) bond motifs is 1. The van der Waals surface area contributed by atoms with Crippen molar-refractivity contribution in [1.82, 2.24) is 15.5 Å². The fraction of sp³-hybridized carbons (Fsp3) is 0.333. The van der Waals surface area contributed by atoms with Crippen LogP contribution in [-0.2, 0) is 4.79 Å². The van der Waals surface area contributed by atoms with Gasteiger partial charge in [-0.3, -0.25) is 10.2 Å². The maximum Gasteiger partial charge on any atom is 0.228 e. The molecule has 0 bridgehead atoms. The highest BCUT2D eigenvalue weighted by molar-refractivity contribution is 9.11. The van der Waals surface area contributed by atoms with E-state index in [0.717, 1.165) is 4.48 Å². The van der Waals surface area contributed by atoms with Gasteiger partial charge < -0.3 is 15.5 Å². The monoisotopic (exact) mass is 310 g/mol. The third-order valence-electron chi connectivity index (χ3n) is 2.70. The standard InChI is InChI=1S/C12H15BrN4O/c1-7(2)12(18)16-11(14)9-5-15-10-4-3-8(13)6-17(9)10/h3-7,10,15H,1-2H3,(H2,14,16,18). The molecule has 2 aliphatic heterocycles. The molecule has 2 heterocycles. The van der Waals surface area contributed by atoms with Crippen LogP contribution < -0.4 is 10.6 Å². The minimum atomic E-state index is -0.153. The van der Waals surface area contributed by atoms with E-state index in [4.69, 9.17) is 5.41 Å². The van der Waals surface area contributed by atoms with Crippen LogP contribution in [0.15, 0.2) is 34.7 Å². The van der Waals surface area contributed by atoms with Crippen LogP contribution in [0.1, 0.15) is 13.8 Å². The smallest absolute Gasteiger partial charge is 0.228 e. The van der Waals surface area contributed by atoms with Crippen LogP contribution in [0.2, 0.25) is 0 Å². The SMILES string of the molecule is CC(C)C(=O)NC(=N)C1=CNC2C=CC(Br)=CN12. The number of allylic oxidation sites excluding steroid dienone is 2. The molecule has 3 N–H and O–H groups in total. The molecule has 0 aromatic heterocycles. The highest BCUT2D eigenvalue weighted by Gasteiger charge is 2.28. The zero-order valence-electron chi connectivity index (χ0n) is 10.2. The van der Waals surface area contributed by atoms with Crippen LogP contribution in [0.5, 0.6) is 0 Å². The highest BCUT2D eigenvalue weighted by atomic mass is 79.9. The number of nitrogens with one attached hydrogen (secondary N) is 3. The van der Waals surface area contributed by atoms with E-state index in [1.54, 1.807) is 20.0 Å². The maximum absolute atomic E-state index is 11.6. The Labute approximate surface area is 114 Å². The van der Waals surface area contributed by atoms with Crippen LogP contribution in [0, 0.1) is 11.3 Å². The lowest BCUT2D eigenvalue weighted by Crippen LogP contribution is -2.40. The minimum Gasteiger partial charge on any atom is -0.366 e. The third kappa shape index (κ3) is 2.48. The van der Waals surface area contributed by atoms with Gasteiger partial charge in [-0.2, -0.15) is 0 Å². The molecule has 0 aliphatic carbocycles. The van der Waals surface area contributed by atoms with E-state index in [2.05, 4.69) is 26.6 Å². The van der Waals surface area contributed by atoms with Crippen molar-refractivity contribution in [3.05, 3.63) is 34.7 Å². The molecule has 1 unspecified atom stereocenters. The Balaban J connectivity index is 2.08. The molecule has 0 saturated heterocycles. The zero-order valence-corrected chi connectivity index (χ0v) is 11.8. The van der Waals surface area contributed by atoms with Gasteiger partial charge in [0.1, 0.15) is 11.9 Å². The lowest BCUT2D eigenvalue weighted by molar-refractivity contribution is -0.122. The van der Waals surface area contributed by atoms with Gasteiger partial charge in [0.05, 0.1) is 0 Å². The Bertz CT molecular complexity index is 478. The number of amides is 1. The Morgan fingerprint density at radius 3 is 3.00 bits per heavy atom. The third-order valence-corrected chi connectivity index (χ3v) is 3.17. The summed E-state index contributed by atoms with van der Waals surface area (Å²) in [6.07, 6.45) is 7.55. The largest absolute Gasteiger partial charge is 0.366 e. The quantitative estimate of drug-likeness (QED) is 0.536. The molecule has 18 heavy (non-hydrogen) atoms. The van der Waals surface area contributed by atoms with Gasteiger partial charge in [0.2, 0.25) is 5.91 Å². The molecule has 0 spiro atoms. The van der Waals surface area contributed by atoms with E-state index >= 15 is 0 Å². The van der Waals surface area contributed by atoms with Gasteiger partial charge in [0, 0.05) is 22.8 Å². The van der Waals surface area contributed by atoms with Crippen molar-refractivity contribution in [2.45, 2.75) is 20.0 Å². The Morgan fingerprint density at radius 2 is 2.33 bits per heavy atom. The fourth-order valence-corrected chi connectivity index (χ4v) is 2.03. The molecule has 0 fully saturated rings. The van der Waals surface area contributed by atoms with Crippen LogP contribution in [-0.4, -0.2) is 22.8 Å². The van der Waals surface area contributed by atoms with Crippen LogP contribution in [0.25, 0.3) is 0 Å². The first-order chi connectivity index (χ1) is 8.49. The van der Waals surface area contributed by atoms with Gasteiger partial charge in [-0.25, -0.2) is 0 Å². The first-order valence-corrected chi connectivity index (χ1v) is 6.48. The lowest BCUT2D eigenvalue weighted by Gasteiger charge is -2.26. The normalized spacial score (nSPS) is 21.1. The van der Waals surface area contributed by atoms with E-state index in [-0.39, 0.29) is 23.8 Å². The Hall–Kier alpha value is -1.56. The van der Waals surface area contributed by atoms with Gasteiger partial charge in [-0.15, -0.1) is 0 Å². The summed E-state index contributed by atoms with van der Waals surface area (Å²) in [5.74, 6) is -0.185. The molecule has 2 rings (SSSR count). The first-order valence-electron chi connectivity index (χ1n) is 5.69. The average molecular weight is 311 g/mol. The summed E-state index contributed by atoms with van der Waals surface area (Å²) in [4.78, 5) is 13.5. The van der Waals surface area contributed by atoms with Gasteiger partial charge in [0.15, 0.2) is 5.84 Å². The molecule has 96 valence electrons. The molecule has 5 nitrogen and oxygen atoms in total. The van der Waals surface area contributed by atoms with Crippen LogP contribution >= 0.6 is 15.9 Å². The van der Waals surface area contributed by atoms with E-state index in [9.17, 15) is 4.79 Å². The summed E-state index contributed by atoms with van der Waals surface area (Å²) in [7, 11) is 0.